The largest absolute Gasteiger partial charge is 0.495 e. The normalized spacial score (nSPS) is 16.2. The Balaban J connectivity index is 2.01. The predicted octanol–water partition coefficient (Wildman–Crippen LogP) is 2.26. The number of rotatable bonds is 4. The number of ether oxygens (including phenoxy) is 1. The molecule has 3 heteroatoms. The Morgan fingerprint density at radius 2 is 2.19 bits per heavy atom. The van der Waals surface area contributed by atoms with E-state index in [9.17, 15) is 0 Å². The molecule has 0 spiro atoms. The summed E-state index contributed by atoms with van der Waals surface area (Å²) in [4.78, 5) is 2.41. The van der Waals surface area contributed by atoms with E-state index in [-0.39, 0.29) is 0 Å². The number of nitrogen functional groups attached to an aromatic ring is 1. The van der Waals surface area contributed by atoms with Crippen LogP contribution in [0.5, 0.6) is 5.75 Å². The molecule has 1 aromatic rings. The van der Waals surface area contributed by atoms with E-state index in [1.807, 2.05) is 12.1 Å². The van der Waals surface area contributed by atoms with E-state index in [2.05, 4.69) is 18.0 Å². The third-order valence-corrected chi connectivity index (χ3v) is 3.42. The molecule has 0 saturated heterocycles. The molecule has 0 aliphatic heterocycles. The van der Waals surface area contributed by atoms with Gasteiger partial charge in [-0.25, -0.2) is 0 Å². The minimum atomic E-state index is 0.724. The first kappa shape index (κ1) is 11.3. The lowest BCUT2D eigenvalue weighted by Gasteiger charge is -2.34. The molecule has 1 aromatic carbocycles. The maximum atomic E-state index is 5.89. The van der Waals surface area contributed by atoms with Gasteiger partial charge in [0.1, 0.15) is 5.75 Å². The maximum Gasteiger partial charge on any atom is 0.141 e. The lowest BCUT2D eigenvalue weighted by Crippen LogP contribution is -2.36. The molecule has 2 N–H and O–H groups in total. The average molecular weight is 220 g/mol. The summed E-state index contributed by atoms with van der Waals surface area (Å²) in [7, 11) is 3.83. The summed E-state index contributed by atoms with van der Waals surface area (Å²) in [5, 5.41) is 0. The van der Waals surface area contributed by atoms with Gasteiger partial charge in [-0.15, -0.1) is 0 Å². The van der Waals surface area contributed by atoms with Gasteiger partial charge in [0.05, 0.1) is 12.8 Å². The van der Waals surface area contributed by atoms with E-state index < -0.39 is 0 Å². The van der Waals surface area contributed by atoms with Crippen LogP contribution < -0.4 is 10.5 Å². The van der Waals surface area contributed by atoms with E-state index >= 15 is 0 Å². The number of hydrogen-bond acceptors (Lipinski definition) is 3. The topological polar surface area (TPSA) is 38.5 Å². The Morgan fingerprint density at radius 3 is 2.69 bits per heavy atom. The van der Waals surface area contributed by atoms with Crippen LogP contribution in [0.1, 0.15) is 24.8 Å². The molecular formula is C13H20N2O. The highest BCUT2D eigenvalue weighted by molar-refractivity contribution is 5.54. The maximum absolute atomic E-state index is 5.89. The van der Waals surface area contributed by atoms with Gasteiger partial charge in [-0.1, -0.05) is 12.5 Å². The first-order valence-electron chi connectivity index (χ1n) is 5.83. The molecule has 0 radical (unpaired) electrons. The van der Waals surface area contributed by atoms with Crippen LogP contribution >= 0.6 is 0 Å². The van der Waals surface area contributed by atoms with Gasteiger partial charge in [-0.3, -0.25) is 4.90 Å². The van der Waals surface area contributed by atoms with Crippen molar-refractivity contribution in [1.29, 1.82) is 0 Å². The Hall–Kier alpha value is -1.22. The lowest BCUT2D eigenvalue weighted by molar-refractivity contribution is 0.152. The Kier molecular flexibility index (Phi) is 3.34. The Bertz CT molecular complexity index is 361. The van der Waals surface area contributed by atoms with Crippen molar-refractivity contribution in [3.63, 3.8) is 0 Å². The van der Waals surface area contributed by atoms with Crippen LogP contribution in [-0.2, 0) is 6.54 Å². The molecule has 0 atom stereocenters. The molecule has 1 aliphatic rings. The fraction of sp³-hybridized carbons (Fsp3) is 0.538. The van der Waals surface area contributed by atoms with Gasteiger partial charge in [-0.05, 0) is 37.6 Å². The second kappa shape index (κ2) is 4.74. The van der Waals surface area contributed by atoms with Gasteiger partial charge in [0, 0.05) is 12.6 Å². The second-order valence-corrected chi connectivity index (χ2v) is 4.58. The van der Waals surface area contributed by atoms with E-state index in [0.29, 0.717) is 0 Å². The molecule has 0 heterocycles. The zero-order valence-electron chi connectivity index (χ0n) is 10.1. The van der Waals surface area contributed by atoms with Crippen molar-refractivity contribution in [3.8, 4) is 5.75 Å². The zero-order valence-corrected chi connectivity index (χ0v) is 10.1. The highest BCUT2D eigenvalue weighted by Gasteiger charge is 2.21. The van der Waals surface area contributed by atoms with Gasteiger partial charge in [0.15, 0.2) is 0 Å². The van der Waals surface area contributed by atoms with Crippen molar-refractivity contribution in [2.75, 3.05) is 19.9 Å². The number of nitrogens with zero attached hydrogens (tertiary/aromatic N) is 1. The van der Waals surface area contributed by atoms with Crippen molar-refractivity contribution in [2.45, 2.75) is 31.8 Å². The molecule has 0 aromatic heterocycles. The Morgan fingerprint density at radius 1 is 1.44 bits per heavy atom. The van der Waals surface area contributed by atoms with Crippen LogP contribution in [0.2, 0.25) is 0 Å². The summed E-state index contributed by atoms with van der Waals surface area (Å²) in [6.45, 7) is 0.971. The highest BCUT2D eigenvalue weighted by atomic mass is 16.5. The number of nitrogens with two attached hydrogens (primary N) is 1. The van der Waals surface area contributed by atoms with Gasteiger partial charge in [0.25, 0.3) is 0 Å². The van der Waals surface area contributed by atoms with Crippen LogP contribution in [0.4, 0.5) is 5.69 Å². The van der Waals surface area contributed by atoms with E-state index in [1.54, 1.807) is 7.11 Å². The molecule has 3 nitrogen and oxygen atoms in total. The molecule has 1 fully saturated rings. The minimum absolute atomic E-state index is 0.724. The zero-order chi connectivity index (χ0) is 11.5. The first-order valence-corrected chi connectivity index (χ1v) is 5.83. The van der Waals surface area contributed by atoms with Crippen LogP contribution in [0, 0.1) is 0 Å². The monoisotopic (exact) mass is 220 g/mol. The third kappa shape index (κ3) is 2.30. The van der Waals surface area contributed by atoms with E-state index in [4.69, 9.17) is 10.5 Å². The minimum Gasteiger partial charge on any atom is -0.495 e. The van der Waals surface area contributed by atoms with Gasteiger partial charge in [-0.2, -0.15) is 0 Å². The van der Waals surface area contributed by atoms with E-state index in [0.717, 1.165) is 24.0 Å². The first-order chi connectivity index (χ1) is 7.70. The molecule has 0 unspecified atom stereocenters. The SMILES string of the molecule is COc1ccc(CN(C)C2CCC2)cc1N. The lowest BCUT2D eigenvalue weighted by atomic mass is 9.91. The summed E-state index contributed by atoms with van der Waals surface area (Å²) >= 11 is 0. The smallest absolute Gasteiger partial charge is 0.141 e. The van der Waals surface area contributed by atoms with Crippen molar-refractivity contribution in [2.24, 2.45) is 0 Å². The third-order valence-electron chi connectivity index (χ3n) is 3.42. The van der Waals surface area contributed by atoms with Crippen molar-refractivity contribution in [1.82, 2.24) is 4.90 Å². The summed E-state index contributed by atoms with van der Waals surface area (Å²) < 4.78 is 5.15. The van der Waals surface area contributed by atoms with Crippen LogP contribution in [0.15, 0.2) is 18.2 Å². The molecule has 88 valence electrons. The van der Waals surface area contributed by atoms with Crippen molar-refractivity contribution < 1.29 is 4.74 Å². The van der Waals surface area contributed by atoms with Crippen LogP contribution in [0.3, 0.4) is 0 Å². The van der Waals surface area contributed by atoms with Gasteiger partial charge in [0.2, 0.25) is 0 Å². The summed E-state index contributed by atoms with van der Waals surface area (Å²) in [5.74, 6) is 0.759. The molecule has 1 aliphatic carbocycles. The molecular weight excluding hydrogens is 200 g/mol. The number of anilines is 1. The molecule has 1 saturated carbocycles. The fourth-order valence-corrected chi connectivity index (χ4v) is 2.13. The number of hydrogen-bond donors (Lipinski definition) is 1. The Labute approximate surface area is 97.2 Å². The van der Waals surface area contributed by atoms with Crippen molar-refractivity contribution in [3.05, 3.63) is 23.8 Å². The standard InChI is InChI=1S/C13H20N2O/c1-15(11-4-3-5-11)9-10-6-7-13(16-2)12(14)8-10/h6-8,11H,3-5,9,14H2,1-2H3. The quantitative estimate of drug-likeness (QED) is 0.791. The molecule has 16 heavy (non-hydrogen) atoms. The number of benzene rings is 1. The van der Waals surface area contributed by atoms with Crippen molar-refractivity contribution >= 4 is 5.69 Å². The van der Waals surface area contributed by atoms with Gasteiger partial charge < -0.3 is 10.5 Å². The van der Waals surface area contributed by atoms with Gasteiger partial charge >= 0.3 is 0 Å². The van der Waals surface area contributed by atoms with Crippen LogP contribution in [0.25, 0.3) is 0 Å². The van der Waals surface area contributed by atoms with E-state index in [1.165, 1.54) is 24.8 Å². The molecule has 0 amide bonds. The average Bonchev–Trinajstić information content (AvgIpc) is 2.15. The summed E-state index contributed by atoms with van der Waals surface area (Å²) in [6, 6.07) is 6.81. The second-order valence-electron chi connectivity index (χ2n) is 4.58. The predicted molar refractivity (Wildman–Crippen MR) is 66.5 cm³/mol. The number of methoxy groups -OCH3 is 1. The summed E-state index contributed by atoms with van der Waals surface area (Å²) in [6.07, 6.45) is 4.05. The molecule has 0 bridgehead atoms. The highest BCUT2D eigenvalue weighted by Crippen LogP contribution is 2.27. The summed E-state index contributed by atoms with van der Waals surface area (Å²) in [5.41, 5.74) is 7.87. The van der Waals surface area contributed by atoms with Crippen LogP contribution in [-0.4, -0.2) is 25.1 Å². The molecule has 2 rings (SSSR count). The fourth-order valence-electron chi connectivity index (χ4n) is 2.13.